The molecule has 0 atom stereocenters. The van der Waals surface area contributed by atoms with Gasteiger partial charge >= 0.3 is 0 Å². The molecule has 19 heavy (non-hydrogen) atoms. The quantitative estimate of drug-likeness (QED) is 0.826. The van der Waals surface area contributed by atoms with Crippen molar-refractivity contribution in [3.8, 4) is 0 Å². The zero-order chi connectivity index (χ0) is 13.2. The highest BCUT2D eigenvalue weighted by molar-refractivity contribution is 6.31. The minimum atomic E-state index is 0.490. The highest BCUT2D eigenvalue weighted by Gasteiger charge is 2.31. The molecule has 1 N–H and O–H groups in total. The molecule has 4 heteroatoms. The predicted octanol–water partition coefficient (Wildman–Crippen LogP) is 4.75. The molecule has 0 amide bonds. The second kappa shape index (κ2) is 5.40. The van der Waals surface area contributed by atoms with Crippen molar-refractivity contribution in [2.75, 3.05) is 5.32 Å². The summed E-state index contributed by atoms with van der Waals surface area (Å²) in [4.78, 5) is 4.06. The molecule has 2 aromatic rings. The Morgan fingerprint density at radius 3 is 2.53 bits per heavy atom. The number of halogens is 2. The molecule has 1 heterocycles. The van der Waals surface area contributed by atoms with E-state index in [-0.39, 0.29) is 0 Å². The van der Waals surface area contributed by atoms with Gasteiger partial charge in [-0.2, -0.15) is 0 Å². The first-order valence-electron chi connectivity index (χ1n) is 6.35. The fraction of sp³-hybridized carbons (Fsp3) is 0.267. The maximum Gasteiger partial charge on any atom is 0.129 e. The van der Waals surface area contributed by atoms with Crippen LogP contribution in [0.25, 0.3) is 0 Å². The number of anilines is 1. The van der Waals surface area contributed by atoms with Crippen molar-refractivity contribution in [3.63, 3.8) is 0 Å². The Kier molecular flexibility index (Phi) is 3.63. The van der Waals surface area contributed by atoms with Crippen LogP contribution in [0.1, 0.15) is 24.3 Å². The number of aromatic nitrogens is 1. The third-order valence-electron chi connectivity index (χ3n) is 3.58. The number of nitrogens with zero attached hydrogens (tertiary/aromatic N) is 1. The molecule has 1 saturated carbocycles. The Bertz CT molecular complexity index is 563. The van der Waals surface area contributed by atoms with Gasteiger partial charge in [-0.1, -0.05) is 41.4 Å². The van der Waals surface area contributed by atoms with E-state index in [2.05, 4.69) is 16.4 Å². The molecular weight excluding hydrogens is 279 g/mol. The summed E-state index contributed by atoms with van der Waals surface area (Å²) < 4.78 is 0. The van der Waals surface area contributed by atoms with Crippen molar-refractivity contribution < 1.29 is 0 Å². The summed E-state index contributed by atoms with van der Waals surface area (Å²) in [6.45, 7) is 0. The Hall–Kier alpha value is -1.25. The molecular formula is C15H14Cl2N2. The van der Waals surface area contributed by atoms with Crippen molar-refractivity contribution in [2.24, 2.45) is 0 Å². The zero-order valence-electron chi connectivity index (χ0n) is 10.3. The number of benzene rings is 1. The first-order valence-corrected chi connectivity index (χ1v) is 7.10. The standard InChI is InChI=1S/C15H14Cl2N2/c16-14-4-2-1-3-13(14)10-7-12(8-10)19-11-5-6-15(17)18-9-11/h1-6,9-10,12,19H,7-8H2. The van der Waals surface area contributed by atoms with Gasteiger partial charge in [0.25, 0.3) is 0 Å². The molecule has 1 fully saturated rings. The van der Waals surface area contributed by atoms with Crippen LogP contribution >= 0.6 is 23.2 Å². The highest BCUT2D eigenvalue weighted by atomic mass is 35.5. The van der Waals surface area contributed by atoms with Gasteiger partial charge < -0.3 is 5.32 Å². The maximum absolute atomic E-state index is 6.21. The summed E-state index contributed by atoms with van der Waals surface area (Å²) in [5, 5.41) is 4.86. The van der Waals surface area contributed by atoms with Crippen molar-refractivity contribution >= 4 is 28.9 Å². The van der Waals surface area contributed by atoms with Crippen LogP contribution in [0.3, 0.4) is 0 Å². The van der Waals surface area contributed by atoms with Crippen molar-refractivity contribution in [1.82, 2.24) is 4.98 Å². The minimum absolute atomic E-state index is 0.490. The third kappa shape index (κ3) is 2.85. The summed E-state index contributed by atoms with van der Waals surface area (Å²) in [5.41, 5.74) is 2.28. The monoisotopic (exact) mass is 292 g/mol. The lowest BCUT2D eigenvalue weighted by Gasteiger charge is -2.37. The van der Waals surface area contributed by atoms with Crippen LogP contribution in [0, 0.1) is 0 Å². The Balaban J connectivity index is 1.58. The van der Waals surface area contributed by atoms with Gasteiger partial charge in [0.2, 0.25) is 0 Å². The van der Waals surface area contributed by atoms with Crippen LogP contribution in [0.5, 0.6) is 0 Å². The third-order valence-corrected chi connectivity index (χ3v) is 4.15. The maximum atomic E-state index is 6.21. The summed E-state index contributed by atoms with van der Waals surface area (Å²) in [6.07, 6.45) is 3.98. The molecule has 3 rings (SSSR count). The van der Waals surface area contributed by atoms with E-state index in [1.807, 2.05) is 24.3 Å². The summed E-state index contributed by atoms with van der Waals surface area (Å²) in [5.74, 6) is 0.562. The van der Waals surface area contributed by atoms with E-state index in [0.29, 0.717) is 17.1 Å². The first kappa shape index (κ1) is 12.8. The van der Waals surface area contributed by atoms with Gasteiger partial charge in [0, 0.05) is 11.1 Å². The van der Waals surface area contributed by atoms with E-state index in [1.54, 1.807) is 12.3 Å². The molecule has 1 aliphatic carbocycles. The predicted molar refractivity (Wildman–Crippen MR) is 80.1 cm³/mol. The molecule has 0 bridgehead atoms. The van der Waals surface area contributed by atoms with Gasteiger partial charge in [-0.15, -0.1) is 0 Å². The average molecular weight is 293 g/mol. The fourth-order valence-electron chi connectivity index (χ4n) is 2.49. The molecule has 0 radical (unpaired) electrons. The lowest BCUT2D eigenvalue weighted by Crippen LogP contribution is -2.34. The summed E-state index contributed by atoms with van der Waals surface area (Å²) in [6, 6.07) is 12.3. The molecule has 1 aromatic carbocycles. The van der Waals surface area contributed by atoms with Crippen molar-refractivity contribution in [2.45, 2.75) is 24.8 Å². The normalized spacial score (nSPS) is 21.8. The first-order chi connectivity index (χ1) is 9.22. The Morgan fingerprint density at radius 1 is 1.05 bits per heavy atom. The number of nitrogens with one attached hydrogen (secondary N) is 1. The molecule has 0 unspecified atom stereocenters. The van der Waals surface area contributed by atoms with Crippen LogP contribution in [0.2, 0.25) is 10.2 Å². The number of pyridine rings is 1. The van der Waals surface area contributed by atoms with Crippen LogP contribution in [0.15, 0.2) is 42.6 Å². The van der Waals surface area contributed by atoms with Crippen LogP contribution in [-0.2, 0) is 0 Å². The van der Waals surface area contributed by atoms with Crippen LogP contribution in [-0.4, -0.2) is 11.0 Å². The molecule has 1 aromatic heterocycles. The zero-order valence-corrected chi connectivity index (χ0v) is 11.8. The second-order valence-electron chi connectivity index (χ2n) is 4.90. The molecule has 0 spiro atoms. The molecule has 2 nitrogen and oxygen atoms in total. The van der Waals surface area contributed by atoms with Gasteiger partial charge in [-0.3, -0.25) is 0 Å². The van der Waals surface area contributed by atoms with Gasteiger partial charge in [0.1, 0.15) is 5.15 Å². The van der Waals surface area contributed by atoms with E-state index >= 15 is 0 Å². The van der Waals surface area contributed by atoms with Crippen LogP contribution < -0.4 is 5.32 Å². The Morgan fingerprint density at radius 2 is 1.84 bits per heavy atom. The molecule has 0 saturated heterocycles. The van der Waals surface area contributed by atoms with E-state index in [9.17, 15) is 0 Å². The SMILES string of the molecule is Clc1ccc(NC2CC(c3ccccc3Cl)C2)cn1. The van der Waals surface area contributed by atoms with E-state index in [4.69, 9.17) is 23.2 Å². The smallest absolute Gasteiger partial charge is 0.129 e. The molecule has 98 valence electrons. The highest BCUT2D eigenvalue weighted by Crippen LogP contribution is 2.41. The number of rotatable bonds is 3. The topological polar surface area (TPSA) is 24.9 Å². The van der Waals surface area contributed by atoms with Crippen molar-refractivity contribution in [1.29, 1.82) is 0 Å². The van der Waals surface area contributed by atoms with E-state index in [0.717, 1.165) is 23.6 Å². The molecule has 1 aliphatic rings. The van der Waals surface area contributed by atoms with Gasteiger partial charge in [0.05, 0.1) is 11.9 Å². The molecule has 0 aliphatic heterocycles. The average Bonchev–Trinajstić information content (AvgIpc) is 2.37. The number of hydrogen-bond acceptors (Lipinski definition) is 2. The van der Waals surface area contributed by atoms with Gasteiger partial charge in [0.15, 0.2) is 0 Å². The lowest BCUT2D eigenvalue weighted by atomic mass is 9.76. The van der Waals surface area contributed by atoms with Crippen LogP contribution in [0.4, 0.5) is 5.69 Å². The summed E-state index contributed by atoms with van der Waals surface area (Å²) >= 11 is 12.0. The lowest BCUT2D eigenvalue weighted by molar-refractivity contribution is 0.374. The fourth-order valence-corrected chi connectivity index (χ4v) is 2.89. The van der Waals surface area contributed by atoms with Crippen molar-refractivity contribution in [3.05, 3.63) is 58.3 Å². The minimum Gasteiger partial charge on any atom is -0.381 e. The second-order valence-corrected chi connectivity index (χ2v) is 5.70. The van der Waals surface area contributed by atoms with E-state index in [1.165, 1.54) is 5.56 Å². The largest absolute Gasteiger partial charge is 0.381 e. The summed E-state index contributed by atoms with van der Waals surface area (Å²) in [7, 11) is 0. The van der Waals surface area contributed by atoms with Gasteiger partial charge in [-0.25, -0.2) is 4.98 Å². The Labute approximate surface area is 122 Å². The number of hydrogen-bond donors (Lipinski definition) is 1. The van der Waals surface area contributed by atoms with E-state index < -0.39 is 0 Å². The van der Waals surface area contributed by atoms with Gasteiger partial charge in [-0.05, 0) is 42.5 Å².